The van der Waals surface area contributed by atoms with Gasteiger partial charge < -0.3 is 15.1 Å². The maximum absolute atomic E-state index is 15.5. The van der Waals surface area contributed by atoms with E-state index in [9.17, 15) is 21.6 Å². The van der Waals surface area contributed by atoms with E-state index in [-0.39, 0.29) is 52.4 Å². The Balaban J connectivity index is 1.42. The van der Waals surface area contributed by atoms with Crippen LogP contribution in [0.3, 0.4) is 0 Å². The molecule has 212 valence electrons. The number of anilines is 1. The Morgan fingerprint density at radius 2 is 1.90 bits per heavy atom. The fourth-order valence-electron chi connectivity index (χ4n) is 5.49. The molecule has 2 aromatic carbocycles. The van der Waals surface area contributed by atoms with E-state index in [2.05, 4.69) is 10.2 Å². The Morgan fingerprint density at radius 3 is 2.55 bits per heavy atom. The average molecular weight is 610 g/mol. The summed E-state index contributed by atoms with van der Waals surface area (Å²) in [6.45, 7) is 0.478. The molecule has 40 heavy (non-hydrogen) atoms. The summed E-state index contributed by atoms with van der Waals surface area (Å²) in [6, 6.07) is 7.32. The number of carbonyl (C=O) groups is 1. The highest BCUT2D eigenvalue weighted by Crippen LogP contribution is 2.60. The van der Waals surface area contributed by atoms with Crippen LogP contribution < -0.4 is 10.6 Å². The van der Waals surface area contributed by atoms with Gasteiger partial charge in [-0.2, -0.15) is 0 Å². The highest BCUT2D eigenvalue weighted by Gasteiger charge is 2.59. The summed E-state index contributed by atoms with van der Waals surface area (Å²) in [5.41, 5.74) is 6.05. The first-order valence-corrected chi connectivity index (χ1v) is 16.3. The van der Waals surface area contributed by atoms with Crippen LogP contribution in [0.15, 0.2) is 45.7 Å². The number of sulfonamides is 1. The van der Waals surface area contributed by atoms with Gasteiger partial charge in [0.05, 0.1) is 46.7 Å². The molecule has 3 aliphatic rings. The number of amides is 1. The number of fused-ring (bicyclic) bond motifs is 1. The van der Waals surface area contributed by atoms with Crippen molar-refractivity contribution in [1.82, 2.24) is 14.5 Å². The first-order chi connectivity index (χ1) is 18.8. The van der Waals surface area contributed by atoms with Crippen LogP contribution >= 0.6 is 11.6 Å². The van der Waals surface area contributed by atoms with Gasteiger partial charge in [0.25, 0.3) is 5.89 Å². The molecular weight excluding hydrogens is 585 g/mol. The highest BCUT2D eigenvalue weighted by atomic mass is 35.5. The number of hydrogen-bond acceptors (Lipinski definition) is 9. The molecule has 1 amide bonds. The van der Waals surface area contributed by atoms with E-state index in [0.717, 1.165) is 25.2 Å². The van der Waals surface area contributed by atoms with Gasteiger partial charge in [0.1, 0.15) is 5.82 Å². The van der Waals surface area contributed by atoms with Crippen LogP contribution in [0.2, 0.25) is 5.02 Å². The largest absolute Gasteiger partial charge is 0.420 e. The van der Waals surface area contributed by atoms with Crippen molar-refractivity contribution in [1.29, 1.82) is 0 Å². The lowest BCUT2D eigenvalue weighted by atomic mass is 9.93. The lowest BCUT2D eigenvalue weighted by Crippen LogP contribution is -2.45. The second-order valence-electron chi connectivity index (χ2n) is 10.7. The number of aromatic nitrogens is 2. The normalized spacial score (nSPS) is 23.8. The minimum absolute atomic E-state index is 0.0434. The van der Waals surface area contributed by atoms with Gasteiger partial charge in [0.15, 0.2) is 9.84 Å². The van der Waals surface area contributed by atoms with Gasteiger partial charge in [0.2, 0.25) is 21.8 Å². The van der Waals surface area contributed by atoms with Crippen LogP contribution in [0.25, 0.3) is 11.5 Å². The molecule has 0 bridgehead atoms. The van der Waals surface area contributed by atoms with E-state index in [1.807, 2.05) is 0 Å². The molecular formula is C25H25ClFN5O6S2. The quantitative estimate of drug-likeness (QED) is 0.458. The Morgan fingerprint density at radius 1 is 1.20 bits per heavy atom. The van der Waals surface area contributed by atoms with Crippen LogP contribution in [0.5, 0.6) is 0 Å². The molecule has 2 N–H and O–H groups in total. The average Bonchev–Trinajstić information content (AvgIpc) is 3.32. The van der Waals surface area contributed by atoms with Crippen LogP contribution in [-0.4, -0.2) is 68.4 Å². The van der Waals surface area contributed by atoms with Gasteiger partial charge in [-0.1, -0.05) is 23.7 Å². The summed E-state index contributed by atoms with van der Waals surface area (Å²) in [5, 5.41) is 8.61. The van der Waals surface area contributed by atoms with E-state index >= 15 is 4.39 Å². The number of nitrogens with zero attached hydrogens (tertiary/aromatic N) is 4. The smallest absolute Gasteiger partial charge is 0.250 e. The summed E-state index contributed by atoms with van der Waals surface area (Å²) in [4.78, 5) is 14.1. The number of halogens is 2. The molecule has 2 atom stereocenters. The van der Waals surface area contributed by atoms with Crippen molar-refractivity contribution >= 4 is 43.1 Å². The second kappa shape index (κ2) is 9.31. The summed E-state index contributed by atoms with van der Waals surface area (Å²) < 4.78 is 73.3. The van der Waals surface area contributed by atoms with E-state index in [0.29, 0.717) is 17.1 Å². The molecule has 1 aliphatic carbocycles. The minimum atomic E-state index is -4.13. The van der Waals surface area contributed by atoms with E-state index in [1.54, 1.807) is 24.3 Å². The Hall–Kier alpha value is -2.91. The number of carbonyl (C=O) groups excluding carboxylic acids is 1. The highest BCUT2D eigenvalue weighted by molar-refractivity contribution is 7.91. The molecule has 11 nitrogen and oxygen atoms in total. The maximum Gasteiger partial charge on any atom is 0.250 e. The van der Waals surface area contributed by atoms with Gasteiger partial charge in [-0.05, 0) is 48.1 Å². The molecule has 1 saturated carbocycles. The van der Waals surface area contributed by atoms with E-state index in [1.165, 1.54) is 15.3 Å². The predicted octanol–water partition coefficient (Wildman–Crippen LogP) is 2.32. The Kier molecular flexibility index (Phi) is 6.35. The summed E-state index contributed by atoms with van der Waals surface area (Å²) in [6.07, 6.45) is 2.75. The second-order valence-corrected chi connectivity index (χ2v) is 15.1. The van der Waals surface area contributed by atoms with Crippen molar-refractivity contribution < 1.29 is 30.4 Å². The molecule has 2 fully saturated rings. The van der Waals surface area contributed by atoms with Gasteiger partial charge in [-0.15, -0.1) is 10.2 Å². The lowest BCUT2D eigenvalue weighted by Gasteiger charge is -2.24. The molecule has 1 unspecified atom stereocenters. The van der Waals surface area contributed by atoms with Gasteiger partial charge in [-0.3, -0.25) is 4.79 Å². The van der Waals surface area contributed by atoms with Crippen LogP contribution in [-0.2, 0) is 31.2 Å². The monoisotopic (exact) mass is 609 g/mol. The zero-order chi connectivity index (χ0) is 28.6. The Labute approximate surface area is 235 Å². The van der Waals surface area contributed by atoms with Crippen molar-refractivity contribution in [2.75, 3.05) is 30.0 Å². The first kappa shape index (κ1) is 27.3. The maximum atomic E-state index is 15.5. The summed E-state index contributed by atoms with van der Waals surface area (Å²) >= 11 is 5.98. The first-order valence-electron chi connectivity index (χ1n) is 12.4. The van der Waals surface area contributed by atoms with Crippen molar-refractivity contribution in [3.8, 4) is 11.5 Å². The summed E-state index contributed by atoms with van der Waals surface area (Å²) in [5.74, 6) is -2.65. The molecule has 15 heteroatoms. The zero-order valence-electron chi connectivity index (χ0n) is 21.2. The molecule has 1 saturated heterocycles. The van der Waals surface area contributed by atoms with Crippen molar-refractivity contribution in [2.45, 2.75) is 36.2 Å². The molecule has 3 heterocycles. The van der Waals surface area contributed by atoms with Gasteiger partial charge >= 0.3 is 0 Å². The Bertz CT molecular complexity index is 1740. The zero-order valence-corrected chi connectivity index (χ0v) is 23.6. The number of sulfone groups is 1. The van der Waals surface area contributed by atoms with Crippen molar-refractivity contribution in [3.05, 3.63) is 58.7 Å². The lowest BCUT2D eigenvalue weighted by molar-refractivity contribution is -0.119. The minimum Gasteiger partial charge on any atom is -0.420 e. The fourth-order valence-corrected chi connectivity index (χ4v) is 8.09. The summed E-state index contributed by atoms with van der Waals surface area (Å²) in [7, 11) is -7.55. The molecule has 6 rings (SSSR count). The number of rotatable bonds is 5. The number of benzene rings is 2. The van der Waals surface area contributed by atoms with Crippen molar-refractivity contribution in [3.63, 3.8) is 0 Å². The van der Waals surface area contributed by atoms with Crippen molar-refractivity contribution in [2.24, 2.45) is 11.1 Å². The third kappa shape index (κ3) is 4.71. The van der Waals surface area contributed by atoms with Crippen LogP contribution in [0.4, 0.5) is 10.1 Å². The molecule has 0 radical (unpaired) electrons. The topological polar surface area (TPSA) is 157 Å². The van der Waals surface area contributed by atoms with E-state index < -0.39 is 43.4 Å². The molecule has 1 aromatic heterocycles. The SMILES string of the molecule is CS(=O)(=O)N1CC(c2nnc(-c3cc4c(cc3F)S(=O)(=O)C[C@H](N)C(=O)N4Cc3ccc(Cl)cc3)o2)C2(CC2)C1. The predicted molar refractivity (Wildman–Crippen MR) is 143 cm³/mol. The van der Waals surface area contributed by atoms with Gasteiger partial charge in [0, 0.05) is 18.1 Å². The van der Waals surface area contributed by atoms with Gasteiger partial charge in [-0.25, -0.2) is 25.5 Å². The number of nitrogens with two attached hydrogens (primary N) is 1. The third-order valence-corrected chi connectivity index (χ3v) is 11.1. The van der Waals surface area contributed by atoms with Crippen LogP contribution in [0.1, 0.15) is 30.2 Å². The molecule has 3 aromatic rings. The standard InChI is InChI=1S/C25H25ClFN5O6S2/c1-39(34,35)31-11-17(25(13-31)6-7-25)23-30-29-22(38-23)16-8-20-21(9-18(16)27)40(36,37)12-19(28)24(33)32(20)10-14-2-4-15(26)5-3-14/h2-5,8-9,17,19H,6-7,10-13,28H2,1H3/t17?,19-/m0/s1. The molecule has 2 aliphatic heterocycles. The van der Waals surface area contributed by atoms with Crippen LogP contribution in [0, 0.1) is 11.2 Å². The third-order valence-electron chi connectivity index (χ3n) is 7.86. The molecule has 1 spiro atoms. The number of hydrogen-bond donors (Lipinski definition) is 1. The van der Waals surface area contributed by atoms with E-state index in [4.69, 9.17) is 21.8 Å². The fraction of sp³-hybridized carbons (Fsp3) is 0.400.